The molecule has 1 amide bonds. The summed E-state index contributed by atoms with van der Waals surface area (Å²) in [5.41, 5.74) is -29.3. The first-order chi connectivity index (χ1) is 49.4. The molecule has 0 saturated carbocycles. The average Bonchev–Trinajstić information content (AvgIpc) is 0.792. The molecule has 0 aromatic heterocycles. The van der Waals surface area contributed by atoms with Crippen LogP contribution in [0.3, 0.4) is 0 Å². The van der Waals surface area contributed by atoms with E-state index in [1.807, 2.05) is 0 Å². The smallest absolute Gasteiger partial charge is 0.410 e. The minimum Gasteiger partial charge on any atom is -0.445 e. The summed E-state index contributed by atoms with van der Waals surface area (Å²) in [6, 6.07) is 37.7. The Morgan fingerprint density at radius 3 is 0.806 bits per heavy atom. The Kier molecular flexibility index (Phi) is 28.8. The van der Waals surface area contributed by atoms with E-state index < -0.39 is 142 Å². The van der Waals surface area contributed by atoms with E-state index in [1.54, 1.807) is 42.3 Å². The van der Waals surface area contributed by atoms with Crippen molar-refractivity contribution in [1.82, 2.24) is 14.1 Å². The van der Waals surface area contributed by atoms with Crippen LogP contribution in [0.5, 0.6) is 0 Å². The van der Waals surface area contributed by atoms with Crippen molar-refractivity contribution >= 4 is 73.3 Å². The first-order valence-corrected chi connectivity index (χ1v) is 41.4. The van der Waals surface area contributed by atoms with Crippen LogP contribution >= 0.6 is 57.2 Å². The van der Waals surface area contributed by atoms with E-state index in [2.05, 4.69) is 0 Å². The van der Waals surface area contributed by atoms with Crippen molar-refractivity contribution in [2.45, 2.75) is 84.8 Å². The van der Waals surface area contributed by atoms with Gasteiger partial charge in [-0.2, -0.15) is 57.0 Å². The summed E-state index contributed by atoms with van der Waals surface area (Å²) in [5.74, 6) is 0. The summed E-state index contributed by atoms with van der Waals surface area (Å²) >= 11 is 6.07. The van der Waals surface area contributed by atoms with Gasteiger partial charge in [0.2, 0.25) is 10.0 Å². The molecule has 45 heteroatoms. The maximum atomic E-state index is 14.0. The third-order valence-electron chi connectivity index (χ3n) is 15.3. The lowest BCUT2D eigenvalue weighted by Crippen LogP contribution is -2.30. The number of rotatable bonds is 28. The second-order valence-electron chi connectivity index (χ2n) is 23.5. The minimum atomic E-state index is -5.83. The molecule has 0 spiro atoms. The Bertz CT molecular complexity index is 4620. The molecule has 0 radical (unpaired) electrons. The second-order valence-corrected chi connectivity index (χ2v) is 35.7. The van der Waals surface area contributed by atoms with Gasteiger partial charge in [-0.3, -0.25) is 37.2 Å². The van der Waals surface area contributed by atoms with Crippen LogP contribution in [-0.4, -0.2) is 94.4 Å². The largest absolute Gasteiger partial charge is 0.445 e. The Morgan fingerprint density at radius 2 is 0.565 bits per heavy atom. The van der Waals surface area contributed by atoms with E-state index in [-0.39, 0.29) is 65.0 Å². The van der Waals surface area contributed by atoms with E-state index in [1.165, 1.54) is 48.5 Å². The van der Waals surface area contributed by atoms with Gasteiger partial charge in [-0.1, -0.05) is 200 Å². The van der Waals surface area contributed by atoms with Crippen molar-refractivity contribution in [3.8, 4) is 0 Å². The van der Waals surface area contributed by atoms with Crippen molar-refractivity contribution in [1.29, 1.82) is 0 Å². The van der Waals surface area contributed by atoms with Gasteiger partial charge in [-0.25, -0.2) is 13.2 Å². The van der Waals surface area contributed by atoms with E-state index in [9.17, 15) is 93.3 Å². The van der Waals surface area contributed by atoms with E-state index >= 15 is 0 Å². The molecule has 0 aliphatic rings. The Hall–Kier alpha value is -6.75. The van der Waals surface area contributed by atoms with Gasteiger partial charge in [0, 0.05) is 72.6 Å². The molecule has 25 nitrogen and oxygen atoms in total. The Labute approximate surface area is 610 Å². The molecule has 588 valence electrons. The third kappa shape index (κ3) is 22.3. The minimum absolute atomic E-state index is 0.114. The van der Waals surface area contributed by atoms with Gasteiger partial charge in [-0.05, 0) is 58.1 Å². The molecule has 0 unspecified atom stereocenters. The summed E-state index contributed by atoms with van der Waals surface area (Å²) in [7, 11) is -37.3. The average molecular weight is 1690 g/mol. The van der Waals surface area contributed by atoms with Crippen LogP contribution in [-0.2, 0) is 122 Å². The molecule has 108 heavy (non-hydrogen) atoms. The molecule has 12 N–H and O–H groups in total. The SMILES string of the molecule is CN(Cc1ccc(C(F)(F)P(=O)(O)O)cc1)Cc1ccc(C(F)(F)P(=O)(O)O)cc1.O=C(OCc1ccccc1)N(Cc1ccc(C(F)(F)P(=O)(O)O)cc1)Cc1ccc(C(F)(F)P(=O)(O)O)cc1.O=P(O)(O)C(F)(F)c1ccc(CN(Cc2ccc(C(F)(F)P(=O)(O)O)cc2)S(=O)(=O)c2ccccc2Cl)cc1. The summed E-state index contributed by atoms with van der Waals surface area (Å²) in [6.45, 7) is -0.988. The fourth-order valence-electron chi connectivity index (χ4n) is 9.41. The van der Waals surface area contributed by atoms with Crippen molar-refractivity contribution in [2.75, 3.05) is 7.05 Å². The highest BCUT2D eigenvalue weighted by Gasteiger charge is 2.55. The van der Waals surface area contributed by atoms with E-state index in [0.717, 1.165) is 131 Å². The lowest BCUT2D eigenvalue weighted by Gasteiger charge is -2.24. The molecule has 0 bridgehead atoms. The van der Waals surface area contributed by atoms with Gasteiger partial charge < -0.3 is 63.5 Å². The number of halogens is 13. The molecule has 0 aliphatic heterocycles. The van der Waals surface area contributed by atoms with Gasteiger partial charge in [-0.15, -0.1) is 0 Å². The number of amides is 1. The van der Waals surface area contributed by atoms with E-state index in [0.29, 0.717) is 16.7 Å². The zero-order valence-electron chi connectivity index (χ0n) is 54.8. The molecule has 0 aliphatic carbocycles. The number of carbonyl (C=O) groups excluding carboxylic acids is 1. The summed E-state index contributed by atoms with van der Waals surface area (Å²) in [6.07, 6.45) is -0.854. The van der Waals surface area contributed by atoms with Crippen LogP contribution in [0, 0.1) is 0 Å². The monoisotopic (exact) mass is 1690 g/mol. The number of alkyl halides is 12. The molecule has 0 fully saturated rings. The standard InChI is InChI=1S/C24H23F4NO8P2.C22H20ClF4NO8P2S.C17H19F4NO6P2/c25-23(26,38(31,32)33)20-10-6-17(7-11-20)14-29(22(30)37-16-19-4-2-1-3-5-19)15-18-8-12-21(13-9-18)24(27,28)39(34,35)36;23-19-3-1-2-4-20(19)39(35,36)28(13-15-5-9-17(10-6-15)21(24,25)37(29,30)31)14-16-7-11-18(12-8-16)22(26,27)38(32,33)34;1-22(10-12-2-6-14(7-3-12)16(18,19)29(23,24)25)11-13-4-8-15(9-5-13)17(20,21)30(26,27)28/h1-13H,14-16H2,(H2,31,32,33)(H2,34,35,36);1-12H,13-14H2,(H2,29,30,31)(H2,32,33,34);2-9H,10-11H2,1H3,(H2,23,24,25)(H2,26,27,28). The van der Waals surface area contributed by atoms with Crippen molar-refractivity contribution in [2.24, 2.45) is 0 Å². The van der Waals surface area contributed by atoms with E-state index in [4.69, 9.17) is 75.1 Å². The zero-order chi connectivity index (χ0) is 81.5. The number of ether oxygens (including phenoxy) is 1. The number of benzene rings is 8. The molecular weight excluding hydrogens is 1630 g/mol. The van der Waals surface area contributed by atoms with Gasteiger partial charge in [0.1, 0.15) is 11.5 Å². The van der Waals surface area contributed by atoms with Crippen LogP contribution in [0.2, 0.25) is 5.02 Å². The highest BCUT2D eigenvalue weighted by molar-refractivity contribution is 7.89. The normalized spacial score (nSPS) is 13.3. The number of sulfonamides is 1. The lowest BCUT2D eigenvalue weighted by molar-refractivity contribution is 0.0563. The fraction of sp³-hybridized carbons (Fsp3) is 0.222. The van der Waals surface area contributed by atoms with Crippen LogP contribution in [0.25, 0.3) is 0 Å². The maximum absolute atomic E-state index is 14.0. The Morgan fingerprint density at radius 1 is 0.343 bits per heavy atom. The summed E-state index contributed by atoms with van der Waals surface area (Å²) < 4.78 is 266. The Balaban J connectivity index is 0.000000256. The van der Waals surface area contributed by atoms with Crippen LogP contribution < -0.4 is 0 Å². The predicted octanol–water partition coefficient (Wildman–Crippen LogP) is 14.4. The fourth-order valence-corrected chi connectivity index (χ4v) is 14.2. The summed E-state index contributed by atoms with van der Waals surface area (Å²) in [5, 5.41) is -0.143. The first-order valence-electron chi connectivity index (χ1n) is 29.9. The summed E-state index contributed by atoms with van der Waals surface area (Å²) in [4.78, 5) is 122. The number of hydrogen-bond acceptors (Lipinski definition) is 11. The predicted molar refractivity (Wildman–Crippen MR) is 363 cm³/mol. The molecule has 0 saturated heterocycles. The molecular formula is C63H62ClF12N3O22P6S. The molecule has 0 atom stereocenters. The number of carbonyl (C=O) groups is 1. The van der Waals surface area contributed by atoms with Gasteiger partial charge in [0.15, 0.2) is 0 Å². The van der Waals surface area contributed by atoms with Crippen molar-refractivity contribution in [3.63, 3.8) is 0 Å². The highest BCUT2D eigenvalue weighted by atomic mass is 35.5. The molecule has 8 rings (SSSR count). The van der Waals surface area contributed by atoms with Crippen LogP contribution in [0.15, 0.2) is 205 Å². The second kappa shape index (κ2) is 34.5. The number of nitrogens with zero attached hydrogens (tertiary/aromatic N) is 3. The molecule has 8 aromatic rings. The highest BCUT2D eigenvalue weighted by Crippen LogP contribution is 2.63. The number of hydrogen-bond donors (Lipinski definition) is 12. The molecule has 8 aromatic carbocycles. The van der Waals surface area contributed by atoms with Crippen molar-refractivity contribution in [3.05, 3.63) is 278 Å². The van der Waals surface area contributed by atoms with Gasteiger partial charge in [0.25, 0.3) is 0 Å². The van der Waals surface area contributed by atoms with Crippen molar-refractivity contribution < 1.29 is 157 Å². The first kappa shape index (κ1) is 90.1. The van der Waals surface area contributed by atoms with Gasteiger partial charge in [0.05, 0.1) is 5.02 Å². The third-order valence-corrected chi connectivity index (χ3v) is 23.5. The topological polar surface area (TPSA) is 415 Å². The lowest BCUT2D eigenvalue weighted by atomic mass is 10.1. The maximum Gasteiger partial charge on any atom is 0.410 e. The van der Waals surface area contributed by atoms with Crippen LogP contribution in [0.4, 0.5) is 57.5 Å². The quantitative estimate of drug-likeness (QED) is 0.0160. The molecule has 0 heterocycles. The van der Waals surface area contributed by atoms with Gasteiger partial charge >= 0.3 is 85.6 Å². The zero-order valence-corrected chi connectivity index (χ0v) is 61.7. The van der Waals surface area contributed by atoms with Crippen LogP contribution in [0.1, 0.15) is 72.3 Å².